The summed E-state index contributed by atoms with van der Waals surface area (Å²) in [6, 6.07) is 13.9. The Kier molecular flexibility index (Phi) is 9.30. The van der Waals surface area contributed by atoms with Crippen molar-refractivity contribution in [1.29, 1.82) is 0 Å². The summed E-state index contributed by atoms with van der Waals surface area (Å²) in [5, 5.41) is 24.8. The van der Waals surface area contributed by atoms with Crippen LogP contribution in [0.3, 0.4) is 0 Å². The zero-order chi connectivity index (χ0) is 26.8. The Bertz CT molecular complexity index is 1210. The van der Waals surface area contributed by atoms with E-state index in [1.807, 2.05) is 30.3 Å². The molecule has 12 nitrogen and oxygen atoms in total. The second kappa shape index (κ2) is 12.8. The third-order valence-corrected chi connectivity index (χ3v) is 5.27. The Morgan fingerprint density at radius 2 is 1.46 bits per heavy atom. The van der Waals surface area contributed by atoms with Gasteiger partial charge in [0.05, 0.1) is 0 Å². The number of rotatable bonds is 12. The molecular formula is C25H28N6O6. The van der Waals surface area contributed by atoms with Crippen molar-refractivity contribution in [2.24, 2.45) is 0 Å². The normalized spacial score (nSPS) is 12.2. The molecule has 12 heteroatoms. The highest BCUT2D eigenvalue weighted by Gasteiger charge is 2.21. The summed E-state index contributed by atoms with van der Waals surface area (Å²) in [6.45, 7) is 0. The van der Waals surface area contributed by atoms with Gasteiger partial charge in [-0.1, -0.05) is 42.5 Å². The van der Waals surface area contributed by atoms with Gasteiger partial charge in [0, 0.05) is 20.5 Å². The molecule has 1 amide bonds. The van der Waals surface area contributed by atoms with Crippen LogP contribution in [0.1, 0.15) is 17.5 Å². The van der Waals surface area contributed by atoms with Crippen LogP contribution in [0.2, 0.25) is 0 Å². The van der Waals surface area contributed by atoms with Gasteiger partial charge >= 0.3 is 18.0 Å². The van der Waals surface area contributed by atoms with E-state index in [-0.39, 0.29) is 18.3 Å². The van der Waals surface area contributed by atoms with E-state index in [1.54, 1.807) is 38.4 Å². The van der Waals surface area contributed by atoms with Crippen LogP contribution in [0, 0.1) is 0 Å². The molecule has 0 radical (unpaired) electrons. The van der Waals surface area contributed by atoms with E-state index in [9.17, 15) is 24.6 Å². The number of carbonyl (C=O) groups is 3. The number of benzene rings is 2. The van der Waals surface area contributed by atoms with E-state index in [2.05, 4.69) is 25.6 Å². The first-order chi connectivity index (χ1) is 17.7. The van der Waals surface area contributed by atoms with Crippen molar-refractivity contribution >= 4 is 29.9 Å². The SMILES string of the molecule is CN(C)C(=O)Oc1ccc(C[C@H](Nc2ncnc(NC(CCc3ccccc3)C(=O)O)n2)C(=O)O)cc1. The number of aromatic nitrogens is 3. The van der Waals surface area contributed by atoms with Crippen LogP contribution in [0.4, 0.5) is 16.7 Å². The van der Waals surface area contributed by atoms with Crippen molar-refractivity contribution in [2.45, 2.75) is 31.3 Å². The molecule has 0 aliphatic carbocycles. The molecule has 1 aromatic heterocycles. The molecule has 3 rings (SSSR count). The zero-order valence-electron chi connectivity index (χ0n) is 20.4. The summed E-state index contributed by atoms with van der Waals surface area (Å²) in [7, 11) is 3.13. The fraction of sp³-hybridized carbons (Fsp3) is 0.280. The van der Waals surface area contributed by atoms with E-state index in [1.165, 1.54) is 11.2 Å². The Balaban J connectivity index is 1.63. The molecule has 194 valence electrons. The van der Waals surface area contributed by atoms with Gasteiger partial charge in [-0.3, -0.25) is 0 Å². The fourth-order valence-corrected chi connectivity index (χ4v) is 3.28. The first kappa shape index (κ1) is 26.9. The Morgan fingerprint density at radius 1 is 0.865 bits per heavy atom. The molecule has 0 saturated carbocycles. The monoisotopic (exact) mass is 508 g/mol. The number of carbonyl (C=O) groups excluding carboxylic acids is 1. The molecule has 0 aliphatic heterocycles. The number of aryl methyl sites for hydroxylation is 1. The van der Waals surface area contributed by atoms with Crippen LogP contribution in [0.5, 0.6) is 5.75 Å². The number of hydrogen-bond donors (Lipinski definition) is 4. The molecular weight excluding hydrogens is 480 g/mol. The molecule has 1 unspecified atom stereocenters. The Morgan fingerprint density at radius 3 is 2.03 bits per heavy atom. The first-order valence-electron chi connectivity index (χ1n) is 11.4. The van der Waals surface area contributed by atoms with Crippen molar-refractivity contribution in [2.75, 3.05) is 24.7 Å². The molecule has 0 fully saturated rings. The van der Waals surface area contributed by atoms with Gasteiger partial charge < -0.3 is 30.5 Å². The molecule has 2 atom stereocenters. The number of carboxylic acids is 2. The predicted molar refractivity (Wildman–Crippen MR) is 135 cm³/mol. The lowest BCUT2D eigenvalue weighted by Gasteiger charge is -2.17. The van der Waals surface area contributed by atoms with Gasteiger partial charge in [0.2, 0.25) is 11.9 Å². The van der Waals surface area contributed by atoms with E-state index < -0.39 is 30.1 Å². The average Bonchev–Trinajstić information content (AvgIpc) is 2.87. The third-order valence-electron chi connectivity index (χ3n) is 5.27. The quantitative estimate of drug-likeness (QED) is 0.284. The van der Waals surface area contributed by atoms with E-state index in [0.29, 0.717) is 24.2 Å². The lowest BCUT2D eigenvalue weighted by Crippen LogP contribution is -2.33. The van der Waals surface area contributed by atoms with E-state index in [4.69, 9.17) is 4.74 Å². The van der Waals surface area contributed by atoms with E-state index >= 15 is 0 Å². The molecule has 3 aromatic rings. The second-order valence-corrected chi connectivity index (χ2v) is 8.34. The van der Waals surface area contributed by atoms with Crippen molar-refractivity contribution in [3.8, 4) is 5.75 Å². The van der Waals surface area contributed by atoms with Crippen LogP contribution >= 0.6 is 0 Å². The zero-order valence-corrected chi connectivity index (χ0v) is 20.4. The molecule has 37 heavy (non-hydrogen) atoms. The largest absolute Gasteiger partial charge is 0.480 e. The first-order valence-corrected chi connectivity index (χ1v) is 11.4. The number of ether oxygens (including phenoxy) is 1. The van der Waals surface area contributed by atoms with Crippen LogP contribution in [-0.4, -0.2) is 74.3 Å². The number of anilines is 2. The number of nitrogens with one attached hydrogen (secondary N) is 2. The summed E-state index contributed by atoms with van der Waals surface area (Å²) in [6.07, 6.45) is 1.56. The fourth-order valence-electron chi connectivity index (χ4n) is 3.28. The number of nitrogens with zero attached hydrogens (tertiary/aromatic N) is 4. The van der Waals surface area contributed by atoms with Crippen LogP contribution in [0.15, 0.2) is 60.9 Å². The van der Waals surface area contributed by atoms with Gasteiger partial charge in [0.15, 0.2) is 0 Å². The van der Waals surface area contributed by atoms with Crippen molar-refractivity contribution in [1.82, 2.24) is 19.9 Å². The minimum absolute atomic E-state index is 0.00848. The highest BCUT2D eigenvalue weighted by molar-refractivity contribution is 5.77. The van der Waals surface area contributed by atoms with Gasteiger partial charge in [0.1, 0.15) is 24.2 Å². The summed E-state index contributed by atoms with van der Waals surface area (Å²) >= 11 is 0. The number of hydrogen-bond acceptors (Lipinski definition) is 9. The molecule has 0 spiro atoms. The van der Waals surface area contributed by atoms with Crippen LogP contribution in [0.25, 0.3) is 0 Å². The highest BCUT2D eigenvalue weighted by atomic mass is 16.6. The molecule has 1 heterocycles. The minimum atomic E-state index is -1.13. The summed E-state index contributed by atoms with van der Waals surface area (Å²) in [5.74, 6) is -1.88. The Labute approximate surface area is 213 Å². The minimum Gasteiger partial charge on any atom is -0.480 e. The number of carboxylic acid groups (broad SMARTS) is 2. The lowest BCUT2D eigenvalue weighted by atomic mass is 10.1. The van der Waals surface area contributed by atoms with Crippen molar-refractivity contribution < 1.29 is 29.3 Å². The second-order valence-electron chi connectivity index (χ2n) is 8.34. The average molecular weight is 509 g/mol. The van der Waals surface area contributed by atoms with Crippen LogP contribution < -0.4 is 15.4 Å². The summed E-state index contributed by atoms with van der Waals surface area (Å²) in [5.41, 5.74) is 1.67. The van der Waals surface area contributed by atoms with E-state index in [0.717, 1.165) is 5.56 Å². The van der Waals surface area contributed by atoms with Gasteiger partial charge in [-0.05, 0) is 36.1 Å². The highest BCUT2D eigenvalue weighted by Crippen LogP contribution is 2.16. The molecule has 2 aromatic carbocycles. The number of amides is 1. The molecule has 0 saturated heterocycles. The van der Waals surface area contributed by atoms with Crippen LogP contribution in [-0.2, 0) is 22.4 Å². The Hall–Kier alpha value is -4.74. The van der Waals surface area contributed by atoms with Crippen molar-refractivity contribution in [3.63, 3.8) is 0 Å². The smallest absolute Gasteiger partial charge is 0.414 e. The predicted octanol–water partition coefficient (Wildman–Crippen LogP) is 2.54. The summed E-state index contributed by atoms with van der Waals surface area (Å²) in [4.78, 5) is 48.6. The van der Waals surface area contributed by atoms with Gasteiger partial charge in [-0.25, -0.2) is 24.4 Å². The maximum Gasteiger partial charge on any atom is 0.414 e. The molecule has 0 bridgehead atoms. The number of aliphatic carboxylic acids is 2. The van der Waals surface area contributed by atoms with Gasteiger partial charge in [-0.2, -0.15) is 4.98 Å². The standard InChI is InChI=1S/C25H28N6O6/c1-31(2)25(36)37-18-11-8-17(9-12-18)14-20(22(34)35)29-24-27-15-26-23(30-24)28-19(21(32)33)13-10-16-6-4-3-5-7-16/h3-9,11-12,15,19-20H,10,13-14H2,1-2H3,(H,32,33)(H,34,35)(H2,26,27,28,29,30)/t19?,20-/m0/s1. The maximum atomic E-state index is 11.9. The topological polar surface area (TPSA) is 167 Å². The summed E-state index contributed by atoms with van der Waals surface area (Å²) < 4.78 is 5.16. The maximum absolute atomic E-state index is 11.9. The third kappa shape index (κ3) is 8.46. The molecule has 0 aliphatic rings. The lowest BCUT2D eigenvalue weighted by molar-refractivity contribution is -0.138. The molecule has 4 N–H and O–H groups in total. The van der Waals surface area contributed by atoms with Gasteiger partial charge in [-0.15, -0.1) is 0 Å². The van der Waals surface area contributed by atoms with Gasteiger partial charge in [0.25, 0.3) is 0 Å². The van der Waals surface area contributed by atoms with Crippen molar-refractivity contribution in [3.05, 3.63) is 72.1 Å².